The predicted octanol–water partition coefficient (Wildman–Crippen LogP) is 4.48. The van der Waals surface area contributed by atoms with E-state index >= 15 is 0 Å². The lowest BCUT2D eigenvalue weighted by molar-refractivity contribution is 0.475. The van der Waals surface area contributed by atoms with Gasteiger partial charge in [0.1, 0.15) is 11.6 Å². The van der Waals surface area contributed by atoms with Crippen molar-refractivity contribution in [2.75, 3.05) is 0 Å². The highest BCUT2D eigenvalue weighted by molar-refractivity contribution is 7.98. The standard InChI is InChI=1S/C13H10ClFOS/c14-12-7-9(1-6-13(12)15)8-17-11-4-2-10(16)3-5-11/h1-7,16H,8H2. The molecule has 0 saturated carbocycles. The lowest BCUT2D eigenvalue weighted by Gasteiger charge is -2.03. The molecular formula is C13H10ClFOS. The first-order chi connectivity index (χ1) is 8.15. The zero-order valence-electron chi connectivity index (χ0n) is 8.86. The molecular weight excluding hydrogens is 259 g/mol. The van der Waals surface area contributed by atoms with E-state index in [1.807, 2.05) is 12.1 Å². The molecule has 2 rings (SSSR count). The highest BCUT2D eigenvalue weighted by Crippen LogP contribution is 2.26. The van der Waals surface area contributed by atoms with E-state index in [1.165, 1.54) is 6.07 Å². The van der Waals surface area contributed by atoms with Gasteiger partial charge in [-0.2, -0.15) is 0 Å². The van der Waals surface area contributed by atoms with Crippen LogP contribution in [0.15, 0.2) is 47.4 Å². The fraction of sp³-hybridized carbons (Fsp3) is 0.0769. The highest BCUT2D eigenvalue weighted by Gasteiger charge is 2.02. The minimum Gasteiger partial charge on any atom is -0.508 e. The van der Waals surface area contributed by atoms with Crippen LogP contribution in [0.2, 0.25) is 5.02 Å². The molecule has 0 aliphatic rings. The minimum atomic E-state index is -0.398. The number of benzene rings is 2. The van der Waals surface area contributed by atoms with Gasteiger partial charge in [-0.25, -0.2) is 4.39 Å². The smallest absolute Gasteiger partial charge is 0.141 e. The monoisotopic (exact) mass is 268 g/mol. The van der Waals surface area contributed by atoms with E-state index in [1.54, 1.807) is 36.0 Å². The van der Waals surface area contributed by atoms with E-state index in [4.69, 9.17) is 16.7 Å². The second kappa shape index (κ2) is 5.43. The van der Waals surface area contributed by atoms with Crippen molar-refractivity contribution in [2.24, 2.45) is 0 Å². The molecule has 0 aromatic heterocycles. The minimum absolute atomic E-state index is 0.147. The van der Waals surface area contributed by atoms with E-state index in [9.17, 15) is 4.39 Å². The van der Waals surface area contributed by atoms with Crippen molar-refractivity contribution in [1.82, 2.24) is 0 Å². The van der Waals surface area contributed by atoms with Crippen molar-refractivity contribution in [1.29, 1.82) is 0 Å². The number of hydrogen-bond donors (Lipinski definition) is 1. The summed E-state index contributed by atoms with van der Waals surface area (Å²) in [5, 5.41) is 9.29. The summed E-state index contributed by atoms with van der Waals surface area (Å²) in [4.78, 5) is 1.04. The Bertz CT molecular complexity index is 513. The van der Waals surface area contributed by atoms with E-state index in [-0.39, 0.29) is 10.8 Å². The number of thioether (sulfide) groups is 1. The molecule has 0 atom stereocenters. The van der Waals surface area contributed by atoms with Crippen molar-refractivity contribution < 1.29 is 9.50 Å². The topological polar surface area (TPSA) is 20.2 Å². The molecule has 0 aliphatic heterocycles. The predicted molar refractivity (Wildman–Crippen MR) is 69.1 cm³/mol. The number of phenols is 1. The first-order valence-electron chi connectivity index (χ1n) is 5.01. The van der Waals surface area contributed by atoms with Crippen LogP contribution >= 0.6 is 23.4 Å². The molecule has 0 heterocycles. The maximum Gasteiger partial charge on any atom is 0.141 e. The summed E-state index contributed by atoms with van der Waals surface area (Å²) >= 11 is 7.30. The Morgan fingerprint density at radius 1 is 1.12 bits per heavy atom. The quantitative estimate of drug-likeness (QED) is 0.829. The first kappa shape index (κ1) is 12.3. The van der Waals surface area contributed by atoms with Gasteiger partial charge in [-0.15, -0.1) is 11.8 Å². The van der Waals surface area contributed by atoms with Crippen LogP contribution in [-0.2, 0) is 5.75 Å². The summed E-state index contributed by atoms with van der Waals surface area (Å²) in [6, 6.07) is 11.7. The molecule has 2 aromatic rings. The Morgan fingerprint density at radius 2 is 1.82 bits per heavy atom. The third-order valence-electron chi connectivity index (χ3n) is 2.23. The number of phenolic OH excluding ortho intramolecular Hbond substituents is 1. The lowest BCUT2D eigenvalue weighted by Crippen LogP contribution is -1.83. The van der Waals surface area contributed by atoms with Crippen LogP contribution in [-0.4, -0.2) is 5.11 Å². The maximum absolute atomic E-state index is 12.9. The second-order valence-electron chi connectivity index (χ2n) is 3.53. The van der Waals surface area contributed by atoms with Gasteiger partial charge in [-0.05, 0) is 42.0 Å². The van der Waals surface area contributed by atoms with Crippen LogP contribution in [0.1, 0.15) is 5.56 Å². The van der Waals surface area contributed by atoms with Crippen LogP contribution in [0.25, 0.3) is 0 Å². The second-order valence-corrected chi connectivity index (χ2v) is 4.99. The average Bonchev–Trinajstić information content (AvgIpc) is 2.33. The van der Waals surface area contributed by atoms with Crippen LogP contribution in [0.5, 0.6) is 5.75 Å². The molecule has 1 nitrogen and oxygen atoms in total. The molecule has 0 fully saturated rings. The van der Waals surface area contributed by atoms with Gasteiger partial charge in [0.05, 0.1) is 5.02 Å². The van der Waals surface area contributed by atoms with Crippen LogP contribution < -0.4 is 0 Å². The van der Waals surface area contributed by atoms with E-state index in [0.717, 1.165) is 10.5 Å². The zero-order valence-corrected chi connectivity index (χ0v) is 10.4. The van der Waals surface area contributed by atoms with Gasteiger partial charge in [-0.3, -0.25) is 0 Å². The van der Waals surface area contributed by atoms with Gasteiger partial charge in [0.2, 0.25) is 0 Å². The van der Waals surface area contributed by atoms with Gasteiger partial charge in [0.25, 0.3) is 0 Å². The molecule has 88 valence electrons. The Hall–Kier alpha value is -1.19. The third kappa shape index (κ3) is 3.38. The fourth-order valence-corrected chi connectivity index (χ4v) is 2.38. The van der Waals surface area contributed by atoms with Gasteiger partial charge >= 0.3 is 0 Å². The van der Waals surface area contributed by atoms with Crippen LogP contribution in [0, 0.1) is 5.82 Å². The van der Waals surface area contributed by atoms with Crippen LogP contribution in [0.3, 0.4) is 0 Å². The Labute approximate surface area is 108 Å². The number of hydrogen-bond acceptors (Lipinski definition) is 2. The Kier molecular flexibility index (Phi) is 3.92. The SMILES string of the molecule is Oc1ccc(SCc2ccc(F)c(Cl)c2)cc1. The average molecular weight is 269 g/mol. The highest BCUT2D eigenvalue weighted by atomic mass is 35.5. The van der Waals surface area contributed by atoms with Gasteiger partial charge in [-0.1, -0.05) is 17.7 Å². The lowest BCUT2D eigenvalue weighted by atomic mass is 10.2. The molecule has 0 unspecified atom stereocenters. The van der Waals surface area contributed by atoms with E-state index < -0.39 is 5.82 Å². The van der Waals surface area contributed by atoms with Crippen molar-refractivity contribution >= 4 is 23.4 Å². The Balaban J connectivity index is 2.02. The first-order valence-corrected chi connectivity index (χ1v) is 6.37. The molecule has 0 spiro atoms. The molecule has 0 aliphatic carbocycles. The summed E-state index contributed by atoms with van der Waals surface area (Å²) in [6.07, 6.45) is 0. The fourth-order valence-electron chi connectivity index (χ4n) is 1.34. The van der Waals surface area contributed by atoms with Crippen LogP contribution in [0.4, 0.5) is 4.39 Å². The third-order valence-corrected chi connectivity index (χ3v) is 3.60. The van der Waals surface area contributed by atoms with Crippen molar-refractivity contribution in [3.05, 3.63) is 58.9 Å². The number of aromatic hydroxyl groups is 1. The molecule has 0 saturated heterocycles. The zero-order chi connectivity index (χ0) is 12.3. The normalized spacial score (nSPS) is 10.5. The van der Waals surface area contributed by atoms with Crippen molar-refractivity contribution in [2.45, 2.75) is 10.6 Å². The molecule has 1 N–H and O–H groups in total. The van der Waals surface area contributed by atoms with Crippen molar-refractivity contribution in [3.8, 4) is 5.75 Å². The van der Waals surface area contributed by atoms with E-state index in [2.05, 4.69) is 0 Å². The molecule has 0 bridgehead atoms. The van der Waals surface area contributed by atoms with Gasteiger partial charge < -0.3 is 5.11 Å². The summed E-state index contributed by atoms with van der Waals surface area (Å²) in [5.74, 6) is 0.564. The summed E-state index contributed by atoms with van der Waals surface area (Å²) in [5.41, 5.74) is 0.967. The molecule has 0 radical (unpaired) electrons. The van der Waals surface area contributed by atoms with Gasteiger partial charge in [0, 0.05) is 10.6 Å². The molecule has 0 amide bonds. The summed E-state index contributed by atoms with van der Waals surface area (Å²) in [6.45, 7) is 0. The number of halogens is 2. The molecule has 4 heteroatoms. The number of rotatable bonds is 3. The van der Waals surface area contributed by atoms with Crippen molar-refractivity contribution in [3.63, 3.8) is 0 Å². The van der Waals surface area contributed by atoms with Gasteiger partial charge in [0.15, 0.2) is 0 Å². The molecule has 2 aromatic carbocycles. The summed E-state index contributed by atoms with van der Waals surface area (Å²) in [7, 11) is 0. The van der Waals surface area contributed by atoms with E-state index in [0.29, 0.717) is 5.75 Å². The Morgan fingerprint density at radius 3 is 2.47 bits per heavy atom. The largest absolute Gasteiger partial charge is 0.508 e. The molecule has 17 heavy (non-hydrogen) atoms. The maximum atomic E-state index is 12.9. The summed E-state index contributed by atoms with van der Waals surface area (Å²) < 4.78 is 12.9.